The molecule has 1 aliphatic rings. The summed E-state index contributed by atoms with van der Waals surface area (Å²) in [6.07, 6.45) is 4.32. The predicted octanol–water partition coefficient (Wildman–Crippen LogP) is 1.64. The Morgan fingerprint density at radius 2 is 2.00 bits per heavy atom. The van der Waals surface area contributed by atoms with Crippen molar-refractivity contribution >= 4 is 11.9 Å². The quantitative estimate of drug-likeness (QED) is 0.833. The third-order valence-electron chi connectivity index (χ3n) is 4.54. The second-order valence-electron chi connectivity index (χ2n) is 6.73. The molecular weight excluding hydrogens is 320 g/mol. The van der Waals surface area contributed by atoms with Gasteiger partial charge in [-0.2, -0.15) is 4.98 Å². The van der Waals surface area contributed by atoms with E-state index in [9.17, 15) is 4.79 Å². The van der Waals surface area contributed by atoms with E-state index in [2.05, 4.69) is 20.1 Å². The molecule has 2 aromatic rings. The Morgan fingerprint density at radius 3 is 2.56 bits per heavy atom. The predicted molar refractivity (Wildman–Crippen MR) is 92.5 cm³/mol. The summed E-state index contributed by atoms with van der Waals surface area (Å²) in [5.74, 6) is 2.46. The zero-order chi connectivity index (χ0) is 18.0. The van der Waals surface area contributed by atoms with E-state index in [0.29, 0.717) is 29.0 Å². The van der Waals surface area contributed by atoms with E-state index in [1.54, 1.807) is 13.1 Å². The van der Waals surface area contributed by atoms with Gasteiger partial charge in [-0.3, -0.25) is 4.79 Å². The Balaban J connectivity index is 1.60. The van der Waals surface area contributed by atoms with Gasteiger partial charge in [-0.05, 0) is 25.7 Å². The molecule has 1 fully saturated rings. The summed E-state index contributed by atoms with van der Waals surface area (Å²) in [5, 5.41) is 3.96. The lowest BCUT2D eigenvalue weighted by Gasteiger charge is -2.31. The van der Waals surface area contributed by atoms with E-state index in [4.69, 9.17) is 4.52 Å². The van der Waals surface area contributed by atoms with E-state index in [1.165, 1.54) is 0 Å². The second kappa shape index (κ2) is 7.16. The lowest BCUT2D eigenvalue weighted by atomic mass is 9.93. The van der Waals surface area contributed by atoms with Gasteiger partial charge in [0.25, 0.3) is 5.91 Å². The summed E-state index contributed by atoms with van der Waals surface area (Å²) >= 11 is 0. The molecule has 0 N–H and O–H groups in total. The Bertz CT molecular complexity index is 749. The van der Waals surface area contributed by atoms with Gasteiger partial charge in [0.2, 0.25) is 11.8 Å². The first kappa shape index (κ1) is 17.3. The fourth-order valence-corrected chi connectivity index (χ4v) is 3.07. The number of hydrogen-bond acceptors (Lipinski definition) is 7. The molecule has 0 unspecified atom stereocenters. The summed E-state index contributed by atoms with van der Waals surface area (Å²) in [6, 6.07) is 0. The van der Waals surface area contributed by atoms with Crippen LogP contribution in [-0.2, 0) is 6.42 Å². The van der Waals surface area contributed by atoms with Crippen molar-refractivity contribution in [3.05, 3.63) is 29.2 Å². The van der Waals surface area contributed by atoms with Crippen LogP contribution >= 0.6 is 0 Å². The van der Waals surface area contributed by atoms with Crippen molar-refractivity contribution in [3.8, 4) is 0 Å². The van der Waals surface area contributed by atoms with E-state index >= 15 is 0 Å². The smallest absolute Gasteiger partial charge is 0.257 e. The number of likely N-dealkylation sites (tertiary alicyclic amines) is 1. The average Bonchev–Trinajstić information content (AvgIpc) is 2.99. The number of nitrogens with zero attached hydrogens (tertiary/aromatic N) is 6. The molecule has 0 aromatic carbocycles. The number of aryl methyl sites for hydroxylation is 2. The fourth-order valence-electron chi connectivity index (χ4n) is 3.07. The number of carbonyl (C=O) groups excluding carboxylic acids is 1. The highest BCUT2D eigenvalue weighted by atomic mass is 16.5. The zero-order valence-corrected chi connectivity index (χ0v) is 15.2. The van der Waals surface area contributed by atoms with Crippen LogP contribution in [0.5, 0.6) is 0 Å². The number of piperidine rings is 1. The van der Waals surface area contributed by atoms with Gasteiger partial charge in [-0.15, -0.1) is 0 Å². The number of rotatable bonds is 4. The first-order valence-corrected chi connectivity index (χ1v) is 8.53. The van der Waals surface area contributed by atoms with Gasteiger partial charge >= 0.3 is 0 Å². The minimum Gasteiger partial charge on any atom is -0.347 e. The molecule has 1 saturated heterocycles. The van der Waals surface area contributed by atoms with Crippen LogP contribution in [0.3, 0.4) is 0 Å². The largest absolute Gasteiger partial charge is 0.347 e. The van der Waals surface area contributed by atoms with Crippen LogP contribution in [-0.4, -0.2) is 58.1 Å². The molecule has 25 heavy (non-hydrogen) atoms. The maximum atomic E-state index is 12.8. The Labute approximate surface area is 147 Å². The van der Waals surface area contributed by atoms with Crippen LogP contribution in [0.1, 0.15) is 40.6 Å². The molecular formula is C17H24N6O2. The Morgan fingerprint density at radius 1 is 1.28 bits per heavy atom. The maximum absolute atomic E-state index is 12.8. The molecule has 134 valence electrons. The van der Waals surface area contributed by atoms with Crippen molar-refractivity contribution in [1.82, 2.24) is 25.0 Å². The molecule has 0 spiro atoms. The number of hydrogen-bond donors (Lipinski definition) is 0. The Kier molecular flexibility index (Phi) is 4.96. The van der Waals surface area contributed by atoms with Crippen LogP contribution < -0.4 is 4.90 Å². The SMILES string of the molecule is Cc1nc(CC2CCN(C(=O)c3cnc(N(C)C)nc3C)CC2)no1. The standard InChI is InChI=1S/C17H24N6O2/c1-11-14(10-18-17(19-11)22(3)4)16(24)23-7-5-13(6-8-23)9-15-20-12(2)25-21-15/h10,13H,5-9H2,1-4H3. The van der Waals surface area contributed by atoms with Gasteiger partial charge in [0.15, 0.2) is 5.82 Å². The van der Waals surface area contributed by atoms with Gasteiger partial charge in [0.1, 0.15) is 0 Å². The van der Waals surface area contributed by atoms with E-state index in [1.807, 2.05) is 30.8 Å². The van der Waals surface area contributed by atoms with Crippen molar-refractivity contribution in [2.45, 2.75) is 33.1 Å². The molecule has 3 heterocycles. The number of aromatic nitrogens is 4. The molecule has 0 aliphatic carbocycles. The van der Waals surface area contributed by atoms with Gasteiger partial charge in [-0.1, -0.05) is 5.16 Å². The van der Waals surface area contributed by atoms with Crippen LogP contribution in [0, 0.1) is 19.8 Å². The summed E-state index contributed by atoms with van der Waals surface area (Å²) in [4.78, 5) is 29.4. The van der Waals surface area contributed by atoms with Gasteiger partial charge in [0, 0.05) is 46.7 Å². The molecule has 8 nitrogen and oxygen atoms in total. The molecule has 1 aliphatic heterocycles. The highest BCUT2D eigenvalue weighted by Gasteiger charge is 2.26. The molecule has 0 saturated carbocycles. The molecule has 1 amide bonds. The third kappa shape index (κ3) is 3.94. The second-order valence-corrected chi connectivity index (χ2v) is 6.73. The third-order valence-corrected chi connectivity index (χ3v) is 4.54. The van der Waals surface area contributed by atoms with E-state index < -0.39 is 0 Å². The maximum Gasteiger partial charge on any atom is 0.257 e. The molecule has 3 rings (SSSR count). The lowest BCUT2D eigenvalue weighted by molar-refractivity contribution is 0.0688. The number of anilines is 1. The van der Waals surface area contributed by atoms with E-state index in [0.717, 1.165) is 38.2 Å². The first-order valence-electron chi connectivity index (χ1n) is 8.53. The van der Waals surface area contributed by atoms with Crippen molar-refractivity contribution in [3.63, 3.8) is 0 Å². The van der Waals surface area contributed by atoms with E-state index in [-0.39, 0.29) is 5.91 Å². The average molecular weight is 344 g/mol. The van der Waals surface area contributed by atoms with Crippen LogP contribution in [0.25, 0.3) is 0 Å². The highest BCUT2D eigenvalue weighted by molar-refractivity contribution is 5.95. The molecule has 8 heteroatoms. The van der Waals surface area contributed by atoms with Gasteiger partial charge in [0.05, 0.1) is 11.3 Å². The molecule has 0 bridgehead atoms. The van der Waals surface area contributed by atoms with Crippen molar-refractivity contribution < 1.29 is 9.32 Å². The normalized spacial score (nSPS) is 15.4. The summed E-state index contributed by atoms with van der Waals surface area (Å²) in [5.41, 5.74) is 1.30. The Hall–Kier alpha value is -2.51. The minimum absolute atomic E-state index is 0.0108. The van der Waals surface area contributed by atoms with Crippen molar-refractivity contribution in [2.24, 2.45) is 5.92 Å². The molecule has 2 aromatic heterocycles. The molecule has 0 atom stereocenters. The minimum atomic E-state index is 0.0108. The van der Waals surface area contributed by atoms with Crippen LogP contribution in [0.15, 0.2) is 10.7 Å². The first-order chi connectivity index (χ1) is 11.9. The summed E-state index contributed by atoms with van der Waals surface area (Å²) in [6.45, 7) is 5.11. The number of amides is 1. The van der Waals surface area contributed by atoms with Gasteiger partial charge < -0.3 is 14.3 Å². The number of carbonyl (C=O) groups is 1. The van der Waals surface area contributed by atoms with Crippen LogP contribution in [0.2, 0.25) is 0 Å². The topological polar surface area (TPSA) is 88.3 Å². The summed E-state index contributed by atoms with van der Waals surface area (Å²) in [7, 11) is 3.76. The molecule has 0 radical (unpaired) electrons. The van der Waals surface area contributed by atoms with Crippen LogP contribution in [0.4, 0.5) is 5.95 Å². The monoisotopic (exact) mass is 344 g/mol. The zero-order valence-electron chi connectivity index (χ0n) is 15.2. The highest BCUT2D eigenvalue weighted by Crippen LogP contribution is 2.22. The van der Waals surface area contributed by atoms with Crippen molar-refractivity contribution in [2.75, 3.05) is 32.1 Å². The van der Waals surface area contributed by atoms with Gasteiger partial charge in [-0.25, -0.2) is 9.97 Å². The summed E-state index contributed by atoms with van der Waals surface area (Å²) < 4.78 is 5.02. The van der Waals surface area contributed by atoms with Crippen molar-refractivity contribution in [1.29, 1.82) is 0 Å². The lowest BCUT2D eigenvalue weighted by Crippen LogP contribution is -2.39. The fraction of sp³-hybridized carbons (Fsp3) is 0.588.